The molecular weight excluding hydrogens is 342 g/mol. The van der Waals surface area contributed by atoms with Crippen molar-refractivity contribution >= 4 is 11.6 Å². The fourth-order valence-corrected chi connectivity index (χ4v) is 2.68. The van der Waals surface area contributed by atoms with Crippen molar-refractivity contribution in [1.29, 1.82) is 0 Å². The first-order valence-electron chi connectivity index (χ1n) is 9.06. The van der Waals surface area contributed by atoms with Crippen LogP contribution in [0.2, 0.25) is 0 Å². The zero-order chi connectivity index (χ0) is 19.1. The number of aryl methyl sites for hydroxylation is 2. The zero-order valence-electron chi connectivity index (χ0n) is 15.6. The number of aromatic nitrogens is 2. The molecule has 0 radical (unpaired) electrons. The summed E-state index contributed by atoms with van der Waals surface area (Å²) in [4.78, 5) is 16.5. The highest BCUT2D eigenvalue weighted by Crippen LogP contribution is 2.18. The Labute approximate surface area is 158 Å². The Morgan fingerprint density at radius 3 is 2.74 bits per heavy atom. The van der Waals surface area contributed by atoms with Gasteiger partial charge in [-0.25, -0.2) is 0 Å². The van der Waals surface area contributed by atoms with Gasteiger partial charge < -0.3 is 14.6 Å². The van der Waals surface area contributed by atoms with E-state index < -0.39 is 0 Å². The van der Waals surface area contributed by atoms with Gasteiger partial charge in [0.2, 0.25) is 17.6 Å². The van der Waals surface area contributed by atoms with Crippen LogP contribution < -0.4 is 10.1 Å². The normalized spacial score (nSPS) is 10.6. The molecular formula is C21H23N3O3. The van der Waals surface area contributed by atoms with Crippen LogP contribution in [0, 0.1) is 6.92 Å². The molecule has 6 nitrogen and oxygen atoms in total. The van der Waals surface area contributed by atoms with Crippen LogP contribution in [0.1, 0.15) is 31.2 Å². The highest BCUT2D eigenvalue weighted by atomic mass is 16.5. The summed E-state index contributed by atoms with van der Waals surface area (Å²) in [6, 6.07) is 15.3. The topological polar surface area (TPSA) is 77.2 Å². The third-order valence-electron chi connectivity index (χ3n) is 3.99. The maximum absolute atomic E-state index is 12.1. The van der Waals surface area contributed by atoms with E-state index >= 15 is 0 Å². The van der Waals surface area contributed by atoms with Crippen molar-refractivity contribution in [3.8, 4) is 17.1 Å². The number of nitrogens with one attached hydrogen (secondary N) is 1. The van der Waals surface area contributed by atoms with E-state index in [0.29, 0.717) is 37.6 Å². The van der Waals surface area contributed by atoms with Gasteiger partial charge in [-0.15, -0.1) is 0 Å². The third-order valence-corrected chi connectivity index (χ3v) is 3.99. The Hall–Kier alpha value is -3.15. The summed E-state index contributed by atoms with van der Waals surface area (Å²) >= 11 is 0. The molecule has 140 valence electrons. The van der Waals surface area contributed by atoms with E-state index in [-0.39, 0.29) is 5.91 Å². The van der Waals surface area contributed by atoms with Gasteiger partial charge in [-0.1, -0.05) is 28.9 Å². The summed E-state index contributed by atoms with van der Waals surface area (Å²) in [5.74, 6) is 1.86. The van der Waals surface area contributed by atoms with E-state index in [4.69, 9.17) is 9.26 Å². The van der Waals surface area contributed by atoms with Crippen molar-refractivity contribution in [2.24, 2.45) is 0 Å². The monoisotopic (exact) mass is 365 g/mol. The Kier molecular flexibility index (Phi) is 6.20. The predicted molar refractivity (Wildman–Crippen MR) is 104 cm³/mol. The van der Waals surface area contributed by atoms with Crippen LogP contribution in [-0.4, -0.2) is 22.7 Å². The third kappa shape index (κ3) is 5.41. The zero-order valence-corrected chi connectivity index (χ0v) is 15.6. The van der Waals surface area contributed by atoms with Crippen LogP contribution in [0.25, 0.3) is 11.4 Å². The minimum Gasteiger partial charge on any atom is -0.494 e. The Balaban J connectivity index is 1.46. The molecule has 0 spiro atoms. The molecule has 1 N–H and O–H groups in total. The van der Waals surface area contributed by atoms with Gasteiger partial charge in [-0.05, 0) is 50.6 Å². The Morgan fingerprint density at radius 1 is 1.19 bits per heavy atom. The highest BCUT2D eigenvalue weighted by Gasteiger charge is 2.10. The van der Waals surface area contributed by atoms with Crippen LogP contribution in [0.4, 0.5) is 5.69 Å². The standard InChI is InChI=1S/C21H23N3O3/c1-3-26-18-12-10-17(11-13-18)22-19(25)8-5-9-20-23-21(24-27-20)16-7-4-6-15(2)14-16/h4,6-7,10-14H,3,5,8-9H2,1-2H3,(H,22,25). The lowest BCUT2D eigenvalue weighted by molar-refractivity contribution is -0.116. The van der Waals surface area contributed by atoms with Crippen LogP contribution in [0.3, 0.4) is 0 Å². The maximum atomic E-state index is 12.1. The lowest BCUT2D eigenvalue weighted by atomic mass is 10.1. The second-order valence-corrected chi connectivity index (χ2v) is 6.24. The molecule has 6 heteroatoms. The van der Waals surface area contributed by atoms with Crippen LogP contribution in [0.15, 0.2) is 53.1 Å². The number of benzene rings is 2. The minimum atomic E-state index is -0.0439. The number of nitrogens with zero attached hydrogens (tertiary/aromatic N) is 2. The molecule has 0 aliphatic rings. The van der Waals surface area contributed by atoms with Crippen LogP contribution in [-0.2, 0) is 11.2 Å². The maximum Gasteiger partial charge on any atom is 0.226 e. The van der Waals surface area contributed by atoms with Gasteiger partial charge in [0.05, 0.1) is 6.61 Å². The van der Waals surface area contributed by atoms with Gasteiger partial charge >= 0.3 is 0 Å². The first-order valence-corrected chi connectivity index (χ1v) is 9.06. The van der Waals surface area contributed by atoms with Crippen molar-refractivity contribution < 1.29 is 14.1 Å². The molecule has 0 aliphatic heterocycles. The van der Waals surface area contributed by atoms with E-state index in [2.05, 4.69) is 15.5 Å². The number of ether oxygens (including phenoxy) is 1. The molecule has 3 aromatic rings. The molecule has 0 unspecified atom stereocenters. The number of anilines is 1. The summed E-state index contributed by atoms with van der Waals surface area (Å²) < 4.78 is 10.7. The first kappa shape index (κ1) is 18.6. The second kappa shape index (κ2) is 8.98. The average Bonchev–Trinajstić information content (AvgIpc) is 3.13. The summed E-state index contributed by atoms with van der Waals surface area (Å²) in [6.45, 7) is 4.57. The molecule has 1 amide bonds. The van der Waals surface area contributed by atoms with Crippen LogP contribution >= 0.6 is 0 Å². The molecule has 0 atom stereocenters. The molecule has 0 saturated heterocycles. The number of carbonyl (C=O) groups excluding carboxylic acids is 1. The lowest BCUT2D eigenvalue weighted by Gasteiger charge is -2.06. The molecule has 0 saturated carbocycles. The molecule has 2 aromatic carbocycles. The summed E-state index contributed by atoms with van der Waals surface area (Å²) in [5.41, 5.74) is 2.83. The molecule has 27 heavy (non-hydrogen) atoms. The van der Waals surface area contributed by atoms with E-state index in [1.54, 1.807) is 0 Å². The smallest absolute Gasteiger partial charge is 0.226 e. The highest BCUT2D eigenvalue weighted by molar-refractivity contribution is 5.90. The average molecular weight is 365 g/mol. The number of hydrogen-bond acceptors (Lipinski definition) is 5. The van der Waals surface area contributed by atoms with E-state index in [0.717, 1.165) is 22.6 Å². The van der Waals surface area contributed by atoms with Gasteiger partial charge in [0, 0.05) is 24.1 Å². The Morgan fingerprint density at radius 2 is 2.00 bits per heavy atom. The van der Waals surface area contributed by atoms with E-state index in [1.807, 2.05) is 62.4 Å². The minimum absolute atomic E-state index is 0.0439. The molecule has 0 aliphatic carbocycles. The van der Waals surface area contributed by atoms with Gasteiger partial charge in [0.25, 0.3) is 0 Å². The fourth-order valence-electron chi connectivity index (χ4n) is 2.68. The van der Waals surface area contributed by atoms with Crippen molar-refractivity contribution in [2.75, 3.05) is 11.9 Å². The number of rotatable bonds is 8. The number of hydrogen-bond donors (Lipinski definition) is 1. The SMILES string of the molecule is CCOc1ccc(NC(=O)CCCc2nc(-c3cccc(C)c3)no2)cc1. The molecule has 0 bridgehead atoms. The van der Waals surface area contributed by atoms with Crippen LogP contribution in [0.5, 0.6) is 5.75 Å². The predicted octanol–water partition coefficient (Wildman–Crippen LogP) is 4.41. The van der Waals surface area contributed by atoms with Crippen molar-refractivity contribution in [3.05, 3.63) is 60.0 Å². The largest absolute Gasteiger partial charge is 0.494 e. The second-order valence-electron chi connectivity index (χ2n) is 6.24. The summed E-state index contributed by atoms with van der Waals surface area (Å²) in [5, 5.41) is 6.89. The van der Waals surface area contributed by atoms with E-state index in [1.165, 1.54) is 0 Å². The number of carbonyl (C=O) groups is 1. The van der Waals surface area contributed by atoms with Gasteiger partial charge in [-0.2, -0.15) is 4.98 Å². The van der Waals surface area contributed by atoms with Gasteiger partial charge in [0.1, 0.15) is 5.75 Å². The number of amides is 1. The molecule has 1 aromatic heterocycles. The lowest BCUT2D eigenvalue weighted by Crippen LogP contribution is -2.11. The van der Waals surface area contributed by atoms with Gasteiger partial charge in [0.15, 0.2) is 0 Å². The van der Waals surface area contributed by atoms with Gasteiger partial charge in [-0.3, -0.25) is 4.79 Å². The quantitative estimate of drug-likeness (QED) is 0.640. The molecule has 1 heterocycles. The first-order chi connectivity index (χ1) is 13.1. The molecule has 3 rings (SSSR count). The van der Waals surface area contributed by atoms with Crippen molar-refractivity contribution in [2.45, 2.75) is 33.1 Å². The fraction of sp³-hybridized carbons (Fsp3) is 0.286. The summed E-state index contributed by atoms with van der Waals surface area (Å²) in [7, 11) is 0. The Bertz CT molecular complexity index is 888. The molecule has 0 fully saturated rings. The van der Waals surface area contributed by atoms with Crippen molar-refractivity contribution in [1.82, 2.24) is 10.1 Å². The summed E-state index contributed by atoms with van der Waals surface area (Å²) in [6.07, 6.45) is 1.59. The van der Waals surface area contributed by atoms with Crippen molar-refractivity contribution in [3.63, 3.8) is 0 Å². The van der Waals surface area contributed by atoms with E-state index in [9.17, 15) is 4.79 Å².